The first-order valence-electron chi connectivity index (χ1n) is 9.04. The van der Waals surface area contributed by atoms with Gasteiger partial charge >= 0.3 is 0 Å². The van der Waals surface area contributed by atoms with Crippen LogP contribution in [0, 0.1) is 0 Å². The summed E-state index contributed by atoms with van der Waals surface area (Å²) in [5.74, 6) is 0.795. The second-order valence-electron chi connectivity index (χ2n) is 6.27. The summed E-state index contributed by atoms with van der Waals surface area (Å²) in [6.45, 7) is 3.65. The van der Waals surface area contributed by atoms with E-state index in [0.717, 1.165) is 12.0 Å². The number of ether oxygens (including phenoxy) is 1. The Morgan fingerprint density at radius 2 is 1.82 bits per heavy atom. The molecule has 7 heteroatoms. The number of anilines is 1. The van der Waals surface area contributed by atoms with Gasteiger partial charge in [-0.05, 0) is 61.9 Å². The van der Waals surface area contributed by atoms with Crippen molar-refractivity contribution in [3.63, 3.8) is 0 Å². The summed E-state index contributed by atoms with van der Waals surface area (Å²) < 4.78 is 10.9. The van der Waals surface area contributed by atoms with E-state index in [4.69, 9.17) is 9.15 Å². The zero-order chi connectivity index (χ0) is 19.9. The summed E-state index contributed by atoms with van der Waals surface area (Å²) in [6, 6.07) is 13.9. The molecule has 0 radical (unpaired) electrons. The zero-order valence-corrected chi connectivity index (χ0v) is 15.7. The number of nitrogens with one attached hydrogen (secondary N) is 1. The maximum Gasteiger partial charge on any atom is 0.247 e. The van der Waals surface area contributed by atoms with Crippen LogP contribution in [0.4, 0.5) is 5.69 Å². The molecule has 1 heterocycles. The first-order chi connectivity index (χ1) is 13.6. The third kappa shape index (κ3) is 4.82. The fraction of sp³-hybridized carbons (Fsp3) is 0.238. The molecule has 1 unspecified atom stereocenters. The van der Waals surface area contributed by atoms with Crippen molar-refractivity contribution in [2.75, 3.05) is 5.32 Å². The second kappa shape index (κ2) is 8.94. The minimum atomic E-state index is -0.658. The van der Waals surface area contributed by atoms with E-state index in [-0.39, 0.29) is 11.7 Å². The van der Waals surface area contributed by atoms with Crippen molar-refractivity contribution in [2.24, 2.45) is 0 Å². The molecule has 7 nitrogen and oxygen atoms in total. The van der Waals surface area contributed by atoms with Crippen LogP contribution in [0.2, 0.25) is 0 Å². The first kappa shape index (κ1) is 19.3. The molecule has 0 spiro atoms. The molecule has 0 saturated heterocycles. The van der Waals surface area contributed by atoms with Crippen molar-refractivity contribution in [1.82, 2.24) is 10.2 Å². The van der Waals surface area contributed by atoms with Crippen LogP contribution in [0.5, 0.6) is 5.75 Å². The van der Waals surface area contributed by atoms with Gasteiger partial charge in [0.15, 0.2) is 6.10 Å². The molecule has 0 aliphatic heterocycles. The van der Waals surface area contributed by atoms with Gasteiger partial charge in [0.25, 0.3) is 0 Å². The summed E-state index contributed by atoms with van der Waals surface area (Å²) in [4.78, 5) is 24.2. The van der Waals surface area contributed by atoms with Crippen LogP contribution in [0.25, 0.3) is 11.5 Å². The van der Waals surface area contributed by atoms with Gasteiger partial charge in [0.1, 0.15) is 5.75 Å². The van der Waals surface area contributed by atoms with Crippen LogP contribution in [-0.2, 0) is 4.79 Å². The molecule has 3 rings (SSSR count). The highest BCUT2D eigenvalue weighted by Gasteiger charge is 2.17. The third-order valence-electron chi connectivity index (χ3n) is 4.07. The fourth-order valence-corrected chi connectivity index (χ4v) is 2.64. The highest BCUT2D eigenvalue weighted by molar-refractivity contribution is 6.00. The monoisotopic (exact) mass is 379 g/mol. The molecule has 0 saturated carbocycles. The smallest absolute Gasteiger partial charge is 0.247 e. The van der Waals surface area contributed by atoms with E-state index in [9.17, 15) is 9.59 Å². The van der Waals surface area contributed by atoms with E-state index >= 15 is 0 Å². The molecule has 1 atom stereocenters. The Morgan fingerprint density at radius 3 is 2.43 bits per heavy atom. The number of amides is 1. The number of carbonyl (C=O) groups is 2. The van der Waals surface area contributed by atoms with Gasteiger partial charge in [-0.2, -0.15) is 0 Å². The normalized spacial score (nSPS) is 11.6. The molecule has 0 aliphatic rings. The van der Waals surface area contributed by atoms with Gasteiger partial charge in [0, 0.05) is 23.2 Å². The standard InChI is InChI=1S/C21H21N3O4/c1-3-4-19(25)23-17-9-5-15(6-10-17)20(26)14(2)28-18-11-7-16(8-12-18)21-24-22-13-27-21/h5-14H,3-4H2,1-2H3,(H,23,25). The van der Waals surface area contributed by atoms with Crippen LogP contribution in [0.1, 0.15) is 37.0 Å². The highest BCUT2D eigenvalue weighted by Crippen LogP contribution is 2.22. The Bertz CT molecular complexity index is 919. The number of Topliss-reactive ketones (excluding diaryl/α,β-unsaturated/α-hetero) is 1. The molecule has 2 aromatic carbocycles. The Labute approximate surface area is 162 Å². The van der Waals surface area contributed by atoms with Crippen LogP contribution >= 0.6 is 0 Å². The molecule has 0 bridgehead atoms. The number of hydrogen-bond acceptors (Lipinski definition) is 6. The van der Waals surface area contributed by atoms with Crippen molar-refractivity contribution in [3.8, 4) is 17.2 Å². The highest BCUT2D eigenvalue weighted by atomic mass is 16.5. The largest absolute Gasteiger partial charge is 0.483 e. The quantitative estimate of drug-likeness (QED) is 0.592. The lowest BCUT2D eigenvalue weighted by atomic mass is 10.1. The average molecular weight is 379 g/mol. The predicted molar refractivity (Wildman–Crippen MR) is 104 cm³/mol. The van der Waals surface area contributed by atoms with Gasteiger partial charge in [-0.3, -0.25) is 9.59 Å². The van der Waals surface area contributed by atoms with Gasteiger partial charge in [-0.25, -0.2) is 0 Å². The molecule has 0 aliphatic carbocycles. The fourth-order valence-electron chi connectivity index (χ4n) is 2.64. The number of rotatable bonds is 8. The third-order valence-corrected chi connectivity index (χ3v) is 4.07. The second-order valence-corrected chi connectivity index (χ2v) is 6.27. The molecule has 3 aromatic rings. The van der Waals surface area contributed by atoms with Crippen LogP contribution in [-0.4, -0.2) is 28.0 Å². The van der Waals surface area contributed by atoms with Crippen molar-refractivity contribution in [2.45, 2.75) is 32.8 Å². The topological polar surface area (TPSA) is 94.3 Å². The SMILES string of the molecule is CCCC(=O)Nc1ccc(C(=O)C(C)Oc2ccc(-c3nnco3)cc2)cc1. The van der Waals surface area contributed by atoms with Gasteiger partial charge in [-0.1, -0.05) is 6.92 Å². The number of benzene rings is 2. The summed E-state index contributed by atoms with van der Waals surface area (Å²) in [5, 5.41) is 10.3. The molecule has 144 valence electrons. The van der Waals surface area contributed by atoms with E-state index in [1.165, 1.54) is 6.39 Å². The number of ketones is 1. The maximum absolute atomic E-state index is 12.6. The Hall–Kier alpha value is -3.48. The minimum Gasteiger partial charge on any atom is -0.483 e. The molecule has 1 N–H and O–H groups in total. The molecular weight excluding hydrogens is 358 g/mol. The minimum absolute atomic E-state index is 0.0396. The lowest BCUT2D eigenvalue weighted by molar-refractivity contribution is -0.116. The zero-order valence-electron chi connectivity index (χ0n) is 15.7. The Kier molecular flexibility index (Phi) is 6.16. The maximum atomic E-state index is 12.6. The van der Waals surface area contributed by atoms with E-state index in [1.54, 1.807) is 55.5 Å². The Morgan fingerprint density at radius 1 is 1.11 bits per heavy atom. The van der Waals surface area contributed by atoms with Gasteiger partial charge in [-0.15, -0.1) is 10.2 Å². The number of hydrogen-bond donors (Lipinski definition) is 1. The van der Waals surface area contributed by atoms with E-state index in [2.05, 4.69) is 15.5 Å². The molecule has 1 amide bonds. The van der Waals surface area contributed by atoms with Crippen molar-refractivity contribution >= 4 is 17.4 Å². The van der Waals surface area contributed by atoms with Crippen molar-refractivity contribution in [1.29, 1.82) is 0 Å². The number of nitrogens with zero attached hydrogens (tertiary/aromatic N) is 2. The van der Waals surface area contributed by atoms with Crippen LogP contribution < -0.4 is 10.1 Å². The lowest BCUT2D eigenvalue weighted by Gasteiger charge is -2.14. The first-order valence-corrected chi connectivity index (χ1v) is 9.04. The van der Waals surface area contributed by atoms with E-state index in [1.807, 2.05) is 6.92 Å². The average Bonchev–Trinajstić information content (AvgIpc) is 3.23. The summed E-state index contributed by atoms with van der Waals surface area (Å²) in [5.41, 5.74) is 1.95. The number of carbonyl (C=O) groups excluding carboxylic acids is 2. The van der Waals surface area contributed by atoms with Gasteiger partial charge in [0.05, 0.1) is 0 Å². The number of aromatic nitrogens is 2. The molecular formula is C21H21N3O4. The predicted octanol–water partition coefficient (Wildman–Crippen LogP) is 4.13. The molecule has 1 aromatic heterocycles. The Balaban J connectivity index is 1.60. The van der Waals surface area contributed by atoms with E-state index in [0.29, 0.717) is 29.3 Å². The van der Waals surface area contributed by atoms with Crippen LogP contribution in [0.3, 0.4) is 0 Å². The summed E-state index contributed by atoms with van der Waals surface area (Å²) in [6.07, 6.45) is 1.86. The summed E-state index contributed by atoms with van der Waals surface area (Å²) in [7, 11) is 0. The molecule has 28 heavy (non-hydrogen) atoms. The lowest BCUT2D eigenvalue weighted by Crippen LogP contribution is -2.23. The van der Waals surface area contributed by atoms with Gasteiger partial charge in [0.2, 0.25) is 24.0 Å². The molecule has 0 fully saturated rings. The van der Waals surface area contributed by atoms with Crippen molar-refractivity contribution < 1.29 is 18.7 Å². The van der Waals surface area contributed by atoms with Crippen molar-refractivity contribution in [3.05, 3.63) is 60.5 Å². The summed E-state index contributed by atoms with van der Waals surface area (Å²) >= 11 is 0. The van der Waals surface area contributed by atoms with Gasteiger partial charge < -0.3 is 14.5 Å². The van der Waals surface area contributed by atoms with Crippen LogP contribution in [0.15, 0.2) is 59.3 Å². The van der Waals surface area contributed by atoms with E-state index < -0.39 is 6.10 Å².